The standard InChI is InChI=1S/C20H20BrCl2N3O/c21-17-3-5-20(27-13-15-2-4-18(22)19(23)10-15)16(11-17)12-24-6-1-8-26-9-7-25-14-26/h2-5,7,9-11,14,24H,1,6,8,12-13H2. The summed E-state index contributed by atoms with van der Waals surface area (Å²) in [6, 6.07) is 11.6. The molecule has 1 N–H and O–H groups in total. The highest BCUT2D eigenvalue weighted by Crippen LogP contribution is 2.26. The lowest BCUT2D eigenvalue weighted by Crippen LogP contribution is -2.17. The number of halogens is 3. The minimum absolute atomic E-state index is 0.437. The molecule has 7 heteroatoms. The number of nitrogens with zero attached hydrogens (tertiary/aromatic N) is 2. The predicted octanol–water partition coefficient (Wildman–Crippen LogP) is 5.71. The first kappa shape index (κ1) is 20.2. The number of rotatable bonds is 9. The highest BCUT2D eigenvalue weighted by atomic mass is 79.9. The number of benzene rings is 2. The molecule has 27 heavy (non-hydrogen) atoms. The van der Waals surface area contributed by atoms with E-state index in [1.54, 1.807) is 12.3 Å². The van der Waals surface area contributed by atoms with Crippen molar-refractivity contribution in [1.82, 2.24) is 14.9 Å². The lowest BCUT2D eigenvalue weighted by Gasteiger charge is -2.13. The van der Waals surface area contributed by atoms with E-state index in [9.17, 15) is 0 Å². The summed E-state index contributed by atoms with van der Waals surface area (Å²) in [4.78, 5) is 4.05. The van der Waals surface area contributed by atoms with E-state index < -0.39 is 0 Å². The predicted molar refractivity (Wildman–Crippen MR) is 113 cm³/mol. The highest BCUT2D eigenvalue weighted by Gasteiger charge is 2.06. The average Bonchev–Trinajstić information content (AvgIpc) is 3.17. The fraction of sp³-hybridized carbons (Fsp3) is 0.250. The molecule has 4 nitrogen and oxygen atoms in total. The van der Waals surface area contributed by atoms with Gasteiger partial charge in [-0.3, -0.25) is 0 Å². The molecule has 2 aromatic carbocycles. The van der Waals surface area contributed by atoms with Crippen molar-refractivity contribution in [3.05, 3.63) is 80.8 Å². The topological polar surface area (TPSA) is 39.1 Å². The zero-order valence-corrected chi connectivity index (χ0v) is 17.8. The molecule has 0 atom stereocenters. The Morgan fingerprint density at radius 2 is 2.00 bits per heavy atom. The zero-order valence-electron chi connectivity index (χ0n) is 14.7. The van der Waals surface area contributed by atoms with Gasteiger partial charge in [-0.05, 0) is 48.9 Å². The molecule has 0 saturated carbocycles. The van der Waals surface area contributed by atoms with Gasteiger partial charge in [0.25, 0.3) is 0 Å². The van der Waals surface area contributed by atoms with Gasteiger partial charge in [-0.15, -0.1) is 0 Å². The summed E-state index contributed by atoms with van der Waals surface area (Å²) in [5, 5.41) is 4.55. The van der Waals surface area contributed by atoms with Gasteiger partial charge in [0.05, 0.1) is 16.4 Å². The van der Waals surface area contributed by atoms with Crippen molar-refractivity contribution in [3.63, 3.8) is 0 Å². The number of imidazole rings is 1. The first-order chi connectivity index (χ1) is 13.1. The Balaban J connectivity index is 1.53. The molecule has 3 rings (SSSR count). The van der Waals surface area contributed by atoms with Crippen molar-refractivity contribution in [3.8, 4) is 5.75 Å². The molecule has 0 fully saturated rings. The van der Waals surface area contributed by atoms with Crippen molar-refractivity contribution in [2.24, 2.45) is 0 Å². The molecule has 0 aliphatic carbocycles. The van der Waals surface area contributed by atoms with Crippen LogP contribution in [0.4, 0.5) is 0 Å². The van der Waals surface area contributed by atoms with E-state index in [2.05, 4.69) is 36.9 Å². The molecule has 0 bridgehead atoms. The molecule has 0 saturated heterocycles. The molecule has 0 aliphatic rings. The first-order valence-electron chi connectivity index (χ1n) is 8.63. The van der Waals surface area contributed by atoms with E-state index in [4.69, 9.17) is 27.9 Å². The van der Waals surface area contributed by atoms with Crippen LogP contribution in [0.5, 0.6) is 5.75 Å². The molecule has 3 aromatic rings. The summed E-state index contributed by atoms with van der Waals surface area (Å²) in [6.45, 7) is 3.04. The van der Waals surface area contributed by atoms with Crippen molar-refractivity contribution >= 4 is 39.1 Å². The van der Waals surface area contributed by atoms with Crippen molar-refractivity contribution in [1.29, 1.82) is 0 Å². The minimum atomic E-state index is 0.437. The van der Waals surface area contributed by atoms with Crippen LogP contribution >= 0.6 is 39.1 Å². The molecular weight excluding hydrogens is 449 g/mol. The van der Waals surface area contributed by atoms with E-state index in [-0.39, 0.29) is 0 Å². The largest absolute Gasteiger partial charge is 0.489 e. The maximum atomic E-state index is 6.07. The molecule has 0 spiro atoms. The first-order valence-corrected chi connectivity index (χ1v) is 10.2. The monoisotopic (exact) mass is 467 g/mol. The summed E-state index contributed by atoms with van der Waals surface area (Å²) in [6.07, 6.45) is 6.64. The summed E-state index contributed by atoms with van der Waals surface area (Å²) in [7, 11) is 0. The average molecular weight is 469 g/mol. The molecule has 0 unspecified atom stereocenters. The van der Waals surface area contributed by atoms with E-state index in [0.717, 1.165) is 47.4 Å². The summed E-state index contributed by atoms with van der Waals surface area (Å²) in [5.74, 6) is 0.853. The van der Waals surface area contributed by atoms with Crippen molar-refractivity contribution < 1.29 is 4.74 Å². The Bertz CT molecular complexity index is 872. The second-order valence-electron chi connectivity index (χ2n) is 6.12. The number of nitrogens with one attached hydrogen (secondary N) is 1. The van der Waals surface area contributed by atoms with Crippen LogP contribution in [0.3, 0.4) is 0 Å². The third kappa shape index (κ3) is 6.25. The molecule has 1 aromatic heterocycles. The third-order valence-electron chi connectivity index (χ3n) is 4.05. The van der Waals surface area contributed by atoms with Crippen LogP contribution in [0.2, 0.25) is 10.0 Å². The van der Waals surface area contributed by atoms with Gasteiger partial charge in [0.2, 0.25) is 0 Å². The SMILES string of the molecule is Clc1ccc(COc2ccc(Br)cc2CNCCCn2ccnc2)cc1Cl. The Kier molecular flexibility index (Phi) is 7.59. The van der Waals surface area contributed by atoms with Crippen LogP contribution in [-0.4, -0.2) is 16.1 Å². The highest BCUT2D eigenvalue weighted by molar-refractivity contribution is 9.10. The third-order valence-corrected chi connectivity index (χ3v) is 5.28. The van der Waals surface area contributed by atoms with Crippen LogP contribution in [0.15, 0.2) is 59.6 Å². The van der Waals surface area contributed by atoms with Crippen LogP contribution in [0, 0.1) is 0 Å². The van der Waals surface area contributed by atoms with E-state index in [1.165, 1.54) is 0 Å². The van der Waals surface area contributed by atoms with E-state index in [1.807, 2.05) is 36.8 Å². The maximum Gasteiger partial charge on any atom is 0.124 e. The normalized spacial score (nSPS) is 10.9. The second kappa shape index (κ2) is 10.1. The summed E-state index contributed by atoms with van der Waals surface area (Å²) in [5.41, 5.74) is 2.08. The van der Waals surface area contributed by atoms with Gasteiger partial charge in [-0.1, -0.05) is 45.2 Å². The zero-order chi connectivity index (χ0) is 19.1. The van der Waals surface area contributed by atoms with Gasteiger partial charge in [-0.25, -0.2) is 4.98 Å². The molecule has 0 aliphatic heterocycles. The minimum Gasteiger partial charge on any atom is -0.489 e. The van der Waals surface area contributed by atoms with Gasteiger partial charge >= 0.3 is 0 Å². The number of hydrogen-bond acceptors (Lipinski definition) is 3. The second-order valence-corrected chi connectivity index (χ2v) is 7.85. The van der Waals surface area contributed by atoms with Crippen LogP contribution in [-0.2, 0) is 19.7 Å². The van der Waals surface area contributed by atoms with Gasteiger partial charge in [0, 0.05) is 35.5 Å². The molecule has 0 amide bonds. The van der Waals surface area contributed by atoms with Gasteiger partial charge < -0.3 is 14.6 Å². The Hall–Kier alpha value is -1.53. The van der Waals surface area contributed by atoms with Gasteiger partial charge in [0.15, 0.2) is 0 Å². The fourth-order valence-electron chi connectivity index (χ4n) is 2.65. The fourth-order valence-corrected chi connectivity index (χ4v) is 3.38. The van der Waals surface area contributed by atoms with Crippen molar-refractivity contribution in [2.45, 2.75) is 26.1 Å². The van der Waals surface area contributed by atoms with Gasteiger partial charge in [-0.2, -0.15) is 0 Å². The smallest absolute Gasteiger partial charge is 0.124 e. The quantitative estimate of drug-likeness (QED) is 0.408. The van der Waals surface area contributed by atoms with E-state index >= 15 is 0 Å². The van der Waals surface area contributed by atoms with Gasteiger partial charge in [0.1, 0.15) is 12.4 Å². The number of ether oxygens (including phenoxy) is 1. The van der Waals surface area contributed by atoms with Crippen LogP contribution < -0.4 is 10.1 Å². The Morgan fingerprint density at radius 1 is 1.11 bits per heavy atom. The molecule has 0 radical (unpaired) electrons. The lowest BCUT2D eigenvalue weighted by atomic mass is 10.2. The van der Waals surface area contributed by atoms with Crippen molar-refractivity contribution in [2.75, 3.05) is 6.54 Å². The number of aromatic nitrogens is 2. The van der Waals surface area contributed by atoms with E-state index in [0.29, 0.717) is 16.7 Å². The number of hydrogen-bond donors (Lipinski definition) is 1. The Labute approximate surface area is 177 Å². The lowest BCUT2D eigenvalue weighted by molar-refractivity contribution is 0.302. The maximum absolute atomic E-state index is 6.07. The molecule has 1 heterocycles. The number of aryl methyl sites for hydroxylation is 1. The molecule has 142 valence electrons. The molecular formula is C20H20BrCl2N3O. The Morgan fingerprint density at radius 3 is 2.78 bits per heavy atom. The van der Waals surface area contributed by atoms with Crippen LogP contribution in [0.25, 0.3) is 0 Å². The summed E-state index contributed by atoms with van der Waals surface area (Å²) < 4.78 is 9.12. The van der Waals surface area contributed by atoms with Crippen LogP contribution in [0.1, 0.15) is 17.5 Å². The summed E-state index contributed by atoms with van der Waals surface area (Å²) >= 11 is 15.6.